The molecule has 0 aliphatic rings. The molecule has 24 heavy (non-hydrogen) atoms. The van der Waals surface area contributed by atoms with E-state index in [-0.39, 0.29) is 29.0 Å². The van der Waals surface area contributed by atoms with Crippen LogP contribution in [0.1, 0.15) is 28.2 Å². The van der Waals surface area contributed by atoms with E-state index in [1.807, 2.05) is 0 Å². The van der Waals surface area contributed by atoms with Gasteiger partial charge in [0.2, 0.25) is 5.65 Å². The van der Waals surface area contributed by atoms with E-state index >= 15 is 0 Å². The number of nitrogen functional groups attached to an aromatic ring is 1. The summed E-state index contributed by atoms with van der Waals surface area (Å²) in [6, 6.07) is 3.50. The van der Waals surface area contributed by atoms with Crippen LogP contribution in [0.25, 0.3) is 11.2 Å². The Bertz CT molecular complexity index is 973. The van der Waals surface area contributed by atoms with Gasteiger partial charge < -0.3 is 5.73 Å². The number of aromatic nitrogens is 4. The number of nitriles is 1. The van der Waals surface area contributed by atoms with Crippen molar-refractivity contribution >= 4 is 16.9 Å². The van der Waals surface area contributed by atoms with Gasteiger partial charge in [-0.15, -0.1) is 0 Å². The molecule has 3 aromatic heterocycles. The summed E-state index contributed by atoms with van der Waals surface area (Å²) in [5.74, 6) is 0. The number of rotatable bonds is 2. The number of halogens is 3. The number of pyridine rings is 2. The number of hydrogen-bond donors (Lipinski definition) is 1. The van der Waals surface area contributed by atoms with E-state index in [4.69, 9.17) is 11.0 Å². The first-order valence-corrected chi connectivity index (χ1v) is 6.65. The first-order valence-electron chi connectivity index (χ1n) is 6.65. The Morgan fingerprint density at radius 1 is 1.25 bits per heavy atom. The van der Waals surface area contributed by atoms with Gasteiger partial charge in [0, 0.05) is 23.4 Å². The molecule has 0 atom stereocenters. The molecule has 10 heteroatoms. The molecule has 0 saturated heterocycles. The molecule has 0 aliphatic carbocycles. The van der Waals surface area contributed by atoms with E-state index in [1.165, 1.54) is 12.1 Å². The number of nitrogens with two attached hydrogens (primary N) is 1. The zero-order valence-electron chi connectivity index (χ0n) is 12.2. The topological polar surface area (TPSA) is 115 Å². The van der Waals surface area contributed by atoms with Gasteiger partial charge in [0.25, 0.3) is 0 Å². The Morgan fingerprint density at radius 3 is 2.67 bits per heavy atom. The van der Waals surface area contributed by atoms with Crippen LogP contribution in [-0.4, -0.2) is 20.3 Å². The highest BCUT2D eigenvalue weighted by atomic mass is 19.4. The molecule has 0 spiro atoms. The van der Waals surface area contributed by atoms with E-state index in [9.17, 15) is 13.2 Å². The number of anilines is 1. The van der Waals surface area contributed by atoms with Gasteiger partial charge in [-0.2, -0.15) is 18.4 Å². The maximum atomic E-state index is 12.8. The van der Waals surface area contributed by atoms with Crippen LogP contribution in [0.15, 0.2) is 16.8 Å². The summed E-state index contributed by atoms with van der Waals surface area (Å²) < 4.78 is 43.0. The summed E-state index contributed by atoms with van der Waals surface area (Å²) in [7, 11) is 0. The van der Waals surface area contributed by atoms with Crippen molar-refractivity contribution in [1.29, 1.82) is 5.26 Å². The predicted octanol–water partition coefficient (Wildman–Crippen LogP) is 2.38. The van der Waals surface area contributed by atoms with Crippen LogP contribution in [0.2, 0.25) is 0 Å². The maximum Gasteiger partial charge on any atom is 0.419 e. The summed E-state index contributed by atoms with van der Waals surface area (Å²) in [4.78, 5) is 7.95. The molecule has 0 aliphatic heterocycles. The largest absolute Gasteiger partial charge is 0.419 e. The molecule has 3 rings (SSSR count). The standard InChI is InChI=1S/C14H9F3N6O/c1-6-8(11(19)12-13(20-6)23-24-22-12)4-7-2-3-9(14(15,16)17)10(5-18)21-7/h2-3H,4,19H2,1H3. The summed E-state index contributed by atoms with van der Waals surface area (Å²) in [6.07, 6.45) is -4.54. The van der Waals surface area contributed by atoms with Gasteiger partial charge in [0.05, 0.1) is 11.3 Å². The van der Waals surface area contributed by atoms with Crippen molar-refractivity contribution in [1.82, 2.24) is 20.3 Å². The van der Waals surface area contributed by atoms with E-state index < -0.39 is 17.4 Å². The molecule has 0 aromatic carbocycles. The zero-order chi connectivity index (χ0) is 17.5. The molecule has 3 aromatic rings. The second kappa shape index (κ2) is 5.45. The van der Waals surface area contributed by atoms with Gasteiger partial charge in [-0.05, 0) is 29.4 Å². The molecule has 0 amide bonds. The van der Waals surface area contributed by atoms with Gasteiger partial charge in [-0.1, -0.05) is 0 Å². The van der Waals surface area contributed by atoms with Crippen molar-refractivity contribution in [2.45, 2.75) is 19.5 Å². The SMILES string of the molecule is Cc1nc2nonc2c(N)c1Cc1ccc(C(F)(F)F)c(C#N)n1. The third kappa shape index (κ3) is 2.60. The van der Waals surface area contributed by atoms with Crippen molar-refractivity contribution < 1.29 is 17.8 Å². The summed E-state index contributed by atoms with van der Waals surface area (Å²) in [5.41, 5.74) is 6.33. The Morgan fingerprint density at radius 2 is 2.00 bits per heavy atom. The minimum atomic E-state index is -4.64. The second-order valence-electron chi connectivity index (χ2n) is 5.01. The van der Waals surface area contributed by atoms with Gasteiger partial charge in [0.1, 0.15) is 6.07 Å². The molecular weight excluding hydrogens is 325 g/mol. The molecule has 0 fully saturated rings. The average Bonchev–Trinajstić information content (AvgIpc) is 2.98. The molecule has 7 nitrogen and oxygen atoms in total. The fourth-order valence-corrected chi connectivity index (χ4v) is 2.31. The fourth-order valence-electron chi connectivity index (χ4n) is 2.31. The monoisotopic (exact) mass is 334 g/mol. The van der Waals surface area contributed by atoms with Crippen LogP contribution in [0, 0.1) is 18.3 Å². The van der Waals surface area contributed by atoms with Gasteiger partial charge in [-0.3, -0.25) is 0 Å². The van der Waals surface area contributed by atoms with Gasteiger partial charge >= 0.3 is 6.18 Å². The lowest BCUT2D eigenvalue weighted by Gasteiger charge is -2.11. The lowest BCUT2D eigenvalue weighted by atomic mass is 10.0. The lowest BCUT2D eigenvalue weighted by Crippen LogP contribution is -2.11. The van der Waals surface area contributed by atoms with Crippen LogP contribution >= 0.6 is 0 Å². The first-order chi connectivity index (χ1) is 11.3. The van der Waals surface area contributed by atoms with Crippen LogP contribution in [0.3, 0.4) is 0 Å². The summed E-state index contributed by atoms with van der Waals surface area (Å²) in [6.45, 7) is 1.68. The minimum Gasteiger partial charge on any atom is -0.396 e. The molecule has 3 heterocycles. The Labute approximate surface area is 132 Å². The minimum absolute atomic E-state index is 0.0975. The fraction of sp³-hybridized carbons (Fsp3) is 0.214. The van der Waals surface area contributed by atoms with Crippen molar-refractivity contribution in [2.75, 3.05) is 5.73 Å². The molecule has 122 valence electrons. The number of alkyl halides is 3. The zero-order valence-corrected chi connectivity index (χ0v) is 12.2. The number of hydrogen-bond acceptors (Lipinski definition) is 7. The van der Waals surface area contributed by atoms with E-state index in [1.54, 1.807) is 6.92 Å². The Hall–Kier alpha value is -3.22. The first kappa shape index (κ1) is 15.7. The number of fused-ring (bicyclic) bond motifs is 1. The highest BCUT2D eigenvalue weighted by Gasteiger charge is 2.34. The second-order valence-corrected chi connectivity index (χ2v) is 5.01. The maximum absolute atomic E-state index is 12.8. The van der Waals surface area contributed by atoms with Crippen molar-refractivity contribution in [3.05, 3.63) is 40.3 Å². The van der Waals surface area contributed by atoms with E-state index in [0.717, 1.165) is 6.07 Å². The average molecular weight is 334 g/mol. The van der Waals surface area contributed by atoms with Gasteiger partial charge in [-0.25, -0.2) is 14.6 Å². The highest BCUT2D eigenvalue weighted by molar-refractivity contribution is 5.85. The lowest BCUT2D eigenvalue weighted by molar-refractivity contribution is -0.138. The quantitative estimate of drug-likeness (QED) is 0.765. The van der Waals surface area contributed by atoms with Gasteiger partial charge in [0.15, 0.2) is 11.2 Å². The highest BCUT2D eigenvalue weighted by Crippen LogP contribution is 2.32. The molecule has 0 saturated carbocycles. The number of aryl methyl sites for hydroxylation is 1. The molecule has 0 unspecified atom stereocenters. The van der Waals surface area contributed by atoms with Crippen molar-refractivity contribution in [3.63, 3.8) is 0 Å². The van der Waals surface area contributed by atoms with Crippen LogP contribution in [0.5, 0.6) is 0 Å². The smallest absolute Gasteiger partial charge is 0.396 e. The summed E-state index contributed by atoms with van der Waals surface area (Å²) in [5, 5.41) is 16.2. The molecular formula is C14H9F3N6O. The van der Waals surface area contributed by atoms with Crippen LogP contribution < -0.4 is 5.73 Å². The van der Waals surface area contributed by atoms with Crippen LogP contribution in [0.4, 0.5) is 18.9 Å². The normalized spacial score (nSPS) is 11.6. The molecule has 0 radical (unpaired) electrons. The van der Waals surface area contributed by atoms with E-state index in [0.29, 0.717) is 11.3 Å². The third-order valence-corrected chi connectivity index (χ3v) is 3.48. The molecule has 0 bridgehead atoms. The Balaban J connectivity index is 2.05. The van der Waals surface area contributed by atoms with Crippen LogP contribution in [-0.2, 0) is 12.6 Å². The Kier molecular flexibility index (Phi) is 3.56. The van der Waals surface area contributed by atoms with Crippen molar-refractivity contribution in [2.24, 2.45) is 0 Å². The molecule has 2 N–H and O–H groups in total. The van der Waals surface area contributed by atoms with Crippen molar-refractivity contribution in [3.8, 4) is 6.07 Å². The third-order valence-electron chi connectivity index (χ3n) is 3.48. The summed E-state index contributed by atoms with van der Waals surface area (Å²) >= 11 is 0. The number of nitrogens with zero attached hydrogens (tertiary/aromatic N) is 5. The predicted molar refractivity (Wildman–Crippen MR) is 75.5 cm³/mol. The van der Waals surface area contributed by atoms with E-state index in [2.05, 4.69) is 24.9 Å².